The Morgan fingerprint density at radius 3 is 2.33 bits per heavy atom. The van der Waals surface area contributed by atoms with E-state index in [1.165, 1.54) is 17.3 Å². The second-order valence-electron chi connectivity index (χ2n) is 9.63. The van der Waals surface area contributed by atoms with Gasteiger partial charge in [0.05, 0.1) is 41.1 Å². The highest BCUT2D eigenvalue weighted by Crippen LogP contribution is 2.41. The summed E-state index contributed by atoms with van der Waals surface area (Å²) in [6.07, 6.45) is 0. The minimum atomic E-state index is -0.615. The van der Waals surface area contributed by atoms with E-state index in [4.69, 9.17) is 4.74 Å². The van der Waals surface area contributed by atoms with Crippen LogP contribution < -0.4 is 20.7 Å². The van der Waals surface area contributed by atoms with Gasteiger partial charge in [-0.2, -0.15) is 5.26 Å². The van der Waals surface area contributed by atoms with Gasteiger partial charge >= 0.3 is 0 Å². The SMILES string of the molecule is COc1ccccc1NC(=O)C1=C(C)NC(SCC(=O)Nc2ccc(C(C)C)cc2)=C(C#N)[C@@H]1c1ccccc1. The van der Waals surface area contributed by atoms with E-state index in [1.807, 2.05) is 66.7 Å². The number of hydrogen-bond donors (Lipinski definition) is 3. The summed E-state index contributed by atoms with van der Waals surface area (Å²) in [5.41, 5.74) is 4.65. The number of benzene rings is 3. The van der Waals surface area contributed by atoms with Crippen LogP contribution in [-0.4, -0.2) is 24.7 Å². The number of ether oxygens (including phenoxy) is 1. The third-order valence-corrected chi connectivity index (χ3v) is 7.61. The van der Waals surface area contributed by atoms with Gasteiger partial charge < -0.3 is 20.7 Å². The van der Waals surface area contributed by atoms with Crippen LogP contribution in [0.25, 0.3) is 0 Å². The zero-order chi connectivity index (χ0) is 28.6. The molecule has 3 aromatic carbocycles. The third-order valence-electron chi connectivity index (χ3n) is 6.59. The van der Waals surface area contributed by atoms with E-state index in [0.717, 1.165) is 11.3 Å². The molecule has 1 aliphatic heterocycles. The van der Waals surface area contributed by atoms with Crippen molar-refractivity contribution in [1.29, 1.82) is 5.26 Å². The standard InChI is InChI=1S/C32H32N4O3S/c1-20(2)22-14-16-24(17-15-22)35-28(37)19-40-32-25(18-33)30(23-10-6-5-7-11-23)29(21(3)34-32)31(38)36-26-12-8-9-13-27(26)39-4/h5-17,20,30,34H,19H2,1-4H3,(H,35,37)(H,36,38)/t30-/m0/s1. The quantitative estimate of drug-likeness (QED) is 0.279. The Balaban J connectivity index is 1.58. The summed E-state index contributed by atoms with van der Waals surface area (Å²) in [5.74, 6) is -0.113. The lowest BCUT2D eigenvalue weighted by molar-refractivity contribution is -0.114. The van der Waals surface area contributed by atoms with Gasteiger partial charge in [0, 0.05) is 17.0 Å². The molecule has 0 bridgehead atoms. The zero-order valence-corrected chi connectivity index (χ0v) is 23.8. The van der Waals surface area contributed by atoms with Crippen LogP contribution in [0.2, 0.25) is 0 Å². The Hall–Kier alpha value is -4.48. The molecule has 1 heterocycles. The molecule has 7 nitrogen and oxygen atoms in total. The summed E-state index contributed by atoms with van der Waals surface area (Å²) in [7, 11) is 1.54. The van der Waals surface area contributed by atoms with Crippen LogP contribution in [0.4, 0.5) is 11.4 Å². The fourth-order valence-electron chi connectivity index (χ4n) is 4.53. The second kappa shape index (κ2) is 13.0. The van der Waals surface area contributed by atoms with Gasteiger partial charge in [-0.05, 0) is 48.2 Å². The Bertz CT molecular complexity index is 1490. The van der Waals surface area contributed by atoms with Crippen molar-refractivity contribution >= 4 is 35.0 Å². The van der Waals surface area contributed by atoms with Crippen molar-refractivity contribution in [2.45, 2.75) is 32.6 Å². The summed E-state index contributed by atoms with van der Waals surface area (Å²) < 4.78 is 5.40. The van der Waals surface area contributed by atoms with Crippen LogP contribution >= 0.6 is 11.8 Å². The molecule has 204 valence electrons. The number of allylic oxidation sites excluding steroid dienone is 2. The van der Waals surface area contributed by atoms with Crippen molar-refractivity contribution in [3.05, 3.63) is 112 Å². The van der Waals surface area contributed by atoms with Crippen molar-refractivity contribution in [3.63, 3.8) is 0 Å². The Morgan fingerprint density at radius 2 is 1.68 bits per heavy atom. The van der Waals surface area contributed by atoms with Crippen LogP contribution in [-0.2, 0) is 9.59 Å². The number of carbonyl (C=O) groups is 2. The molecule has 0 spiro atoms. The molecule has 0 aromatic heterocycles. The number of hydrogen-bond acceptors (Lipinski definition) is 6. The van der Waals surface area contributed by atoms with Gasteiger partial charge in [0.15, 0.2) is 0 Å². The summed E-state index contributed by atoms with van der Waals surface area (Å²) in [5, 5.41) is 19.9. The minimum absolute atomic E-state index is 0.0942. The van der Waals surface area contributed by atoms with Gasteiger partial charge in [-0.25, -0.2) is 0 Å². The monoisotopic (exact) mass is 552 g/mol. The number of dihydropyridines is 1. The number of carbonyl (C=O) groups excluding carboxylic acids is 2. The number of thioether (sulfide) groups is 1. The average molecular weight is 553 g/mol. The van der Waals surface area contributed by atoms with Gasteiger partial charge in [0.1, 0.15) is 5.75 Å². The lowest BCUT2D eigenvalue weighted by Crippen LogP contribution is -2.31. The molecule has 1 aliphatic rings. The molecule has 0 aliphatic carbocycles. The molecule has 2 amide bonds. The van der Waals surface area contributed by atoms with E-state index in [2.05, 4.69) is 35.9 Å². The summed E-state index contributed by atoms with van der Waals surface area (Å²) >= 11 is 1.24. The number of anilines is 2. The molecule has 3 N–H and O–H groups in total. The van der Waals surface area contributed by atoms with Crippen molar-refractivity contribution in [2.24, 2.45) is 0 Å². The van der Waals surface area contributed by atoms with Crippen LogP contribution in [0.3, 0.4) is 0 Å². The molecule has 0 saturated heterocycles. The molecule has 1 atom stereocenters. The molecule has 40 heavy (non-hydrogen) atoms. The molecular weight excluding hydrogens is 520 g/mol. The average Bonchev–Trinajstić information content (AvgIpc) is 2.96. The zero-order valence-electron chi connectivity index (χ0n) is 22.9. The maximum Gasteiger partial charge on any atom is 0.254 e. The number of para-hydroxylation sites is 2. The molecule has 3 aromatic rings. The van der Waals surface area contributed by atoms with Crippen molar-refractivity contribution in [3.8, 4) is 11.8 Å². The van der Waals surface area contributed by atoms with E-state index in [1.54, 1.807) is 26.2 Å². The van der Waals surface area contributed by atoms with Gasteiger partial charge in [0.25, 0.3) is 5.91 Å². The Morgan fingerprint density at radius 1 is 1.00 bits per heavy atom. The minimum Gasteiger partial charge on any atom is -0.495 e. The molecule has 4 rings (SSSR count). The molecule has 0 saturated carbocycles. The van der Waals surface area contributed by atoms with Crippen LogP contribution in [0.5, 0.6) is 5.75 Å². The predicted molar refractivity (Wildman–Crippen MR) is 161 cm³/mol. The molecular formula is C32H32N4O3S. The molecule has 8 heteroatoms. The lowest BCUT2D eigenvalue weighted by Gasteiger charge is -2.30. The second-order valence-corrected chi connectivity index (χ2v) is 10.6. The first-order valence-electron chi connectivity index (χ1n) is 13.0. The first kappa shape index (κ1) is 28.5. The smallest absolute Gasteiger partial charge is 0.254 e. The first-order chi connectivity index (χ1) is 19.3. The molecule has 0 fully saturated rings. The highest BCUT2D eigenvalue weighted by molar-refractivity contribution is 8.03. The third kappa shape index (κ3) is 6.56. The van der Waals surface area contributed by atoms with Gasteiger partial charge in [-0.1, -0.05) is 80.2 Å². The van der Waals surface area contributed by atoms with Crippen molar-refractivity contribution in [1.82, 2.24) is 5.32 Å². The Kier molecular flexibility index (Phi) is 9.31. The summed E-state index contributed by atoms with van der Waals surface area (Å²) in [4.78, 5) is 26.5. The fourth-order valence-corrected chi connectivity index (χ4v) is 5.42. The first-order valence-corrected chi connectivity index (χ1v) is 13.9. The van der Waals surface area contributed by atoms with Crippen LogP contribution in [0, 0.1) is 11.3 Å². The number of amides is 2. The highest BCUT2D eigenvalue weighted by atomic mass is 32.2. The predicted octanol–water partition coefficient (Wildman–Crippen LogP) is 6.53. The number of rotatable bonds is 9. The normalized spacial score (nSPS) is 14.8. The van der Waals surface area contributed by atoms with Gasteiger partial charge in [0.2, 0.25) is 5.91 Å². The van der Waals surface area contributed by atoms with Crippen molar-refractivity contribution < 1.29 is 14.3 Å². The van der Waals surface area contributed by atoms with Gasteiger partial charge in [-0.15, -0.1) is 0 Å². The maximum atomic E-state index is 13.7. The summed E-state index contributed by atoms with van der Waals surface area (Å²) in [6, 6.07) is 26.7. The topological polar surface area (TPSA) is 103 Å². The van der Waals surface area contributed by atoms with E-state index >= 15 is 0 Å². The maximum absolute atomic E-state index is 13.7. The number of nitriles is 1. The van der Waals surface area contributed by atoms with Crippen molar-refractivity contribution in [2.75, 3.05) is 23.5 Å². The number of methoxy groups -OCH3 is 1. The van der Waals surface area contributed by atoms with E-state index in [0.29, 0.717) is 39.2 Å². The largest absolute Gasteiger partial charge is 0.495 e. The fraction of sp³-hybridized carbons (Fsp3) is 0.219. The Labute approximate surface area is 239 Å². The summed E-state index contributed by atoms with van der Waals surface area (Å²) in [6.45, 7) is 6.04. The number of nitrogens with one attached hydrogen (secondary N) is 3. The van der Waals surface area contributed by atoms with Crippen LogP contribution in [0.15, 0.2) is 101 Å². The van der Waals surface area contributed by atoms with Gasteiger partial charge in [-0.3, -0.25) is 9.59 Å². The van der Waals surface area contributed by atoms with E-state index in [-0.39, 0.29) is 17.6 Å². The molecule has 0 unspecified atom stereocenters. The lowest BCUT2D eigenvalue weighted by atomic mass is 9.82. The van der Waals surface area contributed by atoms with E-state index in [9.17, 15) is 14.9 Å². The van der Waals surface area contributed by atoms with E-state index < -0.39 is 5.92 Å². The van der Waals surface area contributed by atoms with Crippen LogP contribution in [0.1, 0.15) is 43.7 Å². The number of nitrogens with zero attached hydrogens (tertiary/aromatic N) is 1. The highest BCUT2D eigenvalue weighted by Gasteiger charge is 2.35. The molecule has 0 radical (unpaired) electrons.